The maximum absolute atomic E-state index is 12.6. The van der Waals surface area contributed by atoms with Gasteiger partial charge in [0, 0.05) is 13.1 Å². The second kappa shape index (κ2) is 7.30. The highest BCUT2D eigenvalue weighted by Gasteiger charge is 2.28. The molecule has 1 saturated heterocycles. The fourth-order valence-corrected chi connectivity index (χ4v) is 4.26. The molecule has 0 aliphatic carbocycles. The molecule has 2 heterocycles. The molecule has 2 N–H and O–H groups in total. The number of hydrogen-bond donors (Lipinski definition) is 1. The Labute approximate surface area is 150 Å². The standard InChI is InChI=1S/C17H18N2O6S/c18-17(21)13-10-12(26(22,23)19-7-1-2-8-19)5-6-15(13)25-11-14(20)16-4-3-9-24-16/h3-6,9-10H,1-2,7-8,11H2,(H2,18,21). The van der Waals surface area contributed by atoms with E-state index in [0.29, 0.717) is 13.1 Å². The Balaban J connectivity index is 1.83. The van der Waals surface area contributed by atoms with Crippen molar-refractivity contribution in [1.82, 2.24) is 4.31 Å². The van der Waals surface area contributed by atoms with E-state index in [1.54, 1.807) is 6.07 Å². The summed E-state index contributed by atoms with van der Waals surface area (Å²) < 4.78 is 36.9. The molecule has 1 aliphatic rings. The molecule has 1 aliphatic heterocycles. The summed E-state index contributed by atoms with van der Waals surface area (Å²) in [5.74, 6) is -1.10. The van der Waals surface area contributed by atoms with E-state index < -0.39 is 21.7 Å². The zero-order chi connectivity index (χ0) is 18.7. The Morgan fingerprint density at radius 3 is 2.54 bits per heavy atom. The zero-order valence-corrected chi connectivity index (χ0v) is 14.7. The Kier molecular flexibility index (Phi) is 5.10. The molecule has 0 saturated carbocycles. The minimum atomic E-state index is -3.69. The lowest BCUT2D eigenvalue weighted by atomic mass is 10.2. The van der Waals surface area contributed by atoms with Crippen LogP contribution < -0.4 is 10.5 Å². The summed E-state index contributed by atoms with van der Waals surface area (Å²) in [5, 5.41) is 0. The Morgan fingerprint density at radius 1 is 1.19 bits per heavy atom. The number of carbonyl (C=O) groups is 2. The lowest BCUT2D eigenvalue weighted by molar-refractivity contribution is 0.0886. The molecule has 1 amide bonds. The van der Waals surface area contributed by atoms with Gasteiger partial charge < -0.3 is 14.9 Å². The number of Topliss-reactive ketones (excluding diaryl/α,β-unsaturated/α-hetero) is 1. The monoisotopic (exact) mass is 378 g/mol. The maximum atomic E-state index is 12.6. The fraction of sp³-hybridized carbons (Fsp3) is 0.294. The van der Waals surface area contributed by atoms with Gasteiger partial charge in [0.1, 0.15) is 5.75 Å². The Morgan fingerprint density at radius 2 is 1.92 bits per heavy atom. The van der Waals surface area contributed by atoms with Crippen molar-refractivity contribution in [1.29, 1.82) is 0 Å². The van der Waals surface area contributed by atoms with Crippen LogP contribution in [0.15, 0.2) is 45.9 Å². The normalized spacial score (nSPS) is 15.1. The highest BCUT2D eigenvalue weighted by molar-refractivity contribution is 7.89. The van der Waals surface area contributed by atoms with Gasteiger partial charge >= 0.3 is 0 Å². The molecule has 0 bridgehead atoms. The molecule has 9 heteroatoms. The number of amides is 1. The van der Waals surface area contributed by atoms with Gasteiger partial charge in [-0.15, -0.1) is 0 Å². The predicted octanol–water partition coefficient (Wildman–Crippen LogP) is 1.42. The number of nitrogens with two attached hydrogens (primary N) is 1. The molecule has 0 radical (unpaired) electrons. The number of primary amides is 1. The third-order valence-corrected chi connectivity index (χ3v) is 5.97. The minimum Gasteiger partial charge on any atom is -0.484 e. The maximum Gasteiger partial charge on any atom is 0.252 e. The van der Waals surface area contributed by atoms with Gasteiger partial charge in [-0.1, -0.05) is 0 Å². The van der Waals surface area contributed by atoms with Crippen molar-refractivity contribution < 1.29 is 27.2 Å². The average Bonchev–Trinajstić information content (AvgIpc) is 3.32. The number of ether oxygens (including phenoxy) is 1. The molecule has 0 unspecified atom stereocenters. The predicted molar refractivity (Wildman–Crippen MR) is 91.5 cm³/mol. The average molecular weight is 378 g/mol. The number of ketones is 1. The van der Waals surface area contributed by atoms with Crippen LogP contribution in [0.5, 0.6) is 5.75 Å². The largest absolute Gasteiger partial charge is 0.484 e. The van der Waals surface area contributed by atoms with Gasteiger partial charge in [-0.05, 0) is 43.2 Å². The molecule has 2 aromatic rings. The van der Waals surface area contributed by atoms with Crippen molar-refractivity contribution in [2.75, 3.05) is 19.7 Å². The van der Waals surface area contributed by atoms with Crippen LogP contribution in [-0.2, 0) is 10.0 Å². The third kappa shape index (κ3) is 3.63. The molecule has 138 valence electrons. The van der Waals surface area contributed by atoms with Crippen LogP contribution in [0.1, 0.15) is 33.8 Å². The number of benzene rings is 1. The molecular formula is C17H18N2O6S. The summed E-state index contributed by atoms with van der Waals surface area (Å²) in [6.45, 7) is 0.528. The van der Waals surface area contributed by atoms with Gasteiger partial charge in [0.2, 0.25) is 15.8 Å². The fourth-order valence-electron chi connectivity index (χ4n) is 2.72. The van der Waals surface area contributed by atoms with E-state index in [1.165, 1.54) is 34.8 Å². The van der Waals surface area contributed by atoms with Gasteiger partial charge in [0.25, 0.3) is 5.91 Å². The van der Waals surface area contributed by atoms with E-state index in [9.17, 15) is 18.0 Å². The van der Waals surface area contributed by atoms with Crippen LogP contribution in [0.4, 0.5) is 0 Å². The van der Waals surface area contributed by atoms with Gasteiger partial charge in [-0.25, -0.2) is 8.42 Å². The second-order valence-electron chi connectivity index (χ2n) is 5.82. The number of nitrogens with zero attached hydrogens (tertiary/aromatic N) is 1. The van der Waals surface area contributed by atoms with Gasteiger partial charge in [0.15, 0.2) is 12.4 Å². The van der Waals surface area contributed by atoms with Crippen LogP contribution in [0.25, 0.3) is 0 Å². The molecule has 1 aromatic carbocycles. The van der Waals surface area contributed by atoms with E-state index >= 15 is 0 Å². The first-order chi connectivity index (χ1) is 12.4. The van der Waals surface area contributed by atoms with Crippen molar-refractivity contribution in [3.8, 4) is 5.75 Å². The van der Waals surface area contributed by atoms with E-state index in [4.69, 9.17) is 14.9 Å². The summed E-state index contributed by atoms with van der Waals surface area (Å²) in [4.78, 5) is 23.6. The molecule has 0 spiro atoms. The first-order valence-electron chi connectivity index (χ1n) is 8.03. The minimum absolute atomic E-state index is 0.0297. The summed E-state index contributed by atoms with van der Waals surface area (Å²) in [6, 6.07) is 6.92. The van der Waals surface area contributed by atoms with Crippen molar-refractivity contribution >= 4 is 21.7 Å². The van der Waals surface area contributed by atoms with Crippen LogP contribution >= 0.6 is 0 Å². The number of carbonyl (C=O) groups excluding carboxylic acids is 2. The van der Waals surface area contributed by atoms with Crippen LogP contribution in [-0.4, -0.2) is 44.1 Å². The first-order valence-corrected chi connectivity index (χ1v) is 9.47. The highest BCUT2D eigenvalue weighted by atomic mass is 32.2. The smallest absolute Gasteiger partial charge is 0.252 e. The van der Waals surface area contributed by atoms with Gasteiger partial charge in [-0.2, -0.15) is 4.31 Å². The molecule has 0 atom stereocenters. The quantitative estimate of drug-likeness (QED) is 0.728. The van der Waals surface area contributed by atoms with Crippen LogP contribution in [0.2, 0.25) is 0 Å². The van der Waals surface area contributed by atoms with Gasteiger partial charge in [0.05, 0.1) is 16.7 Å². The Hall–Kier alpha value is -2.65. The van der Waals surface area contributed by atoms with Crippen molar-refractivity contribution in [3.63, 3.8) is 0 Å². The first kappa shape index (κ1) is 18.2. The topological polar surface area (TPSA) is 120 Å². The molecule has 26 heavy (non-hydrogen) atoms. The number of sulfonamides is 1. The molecule has 8 nitrogen and oxygen atoms in total. The van der Waals surface area contributed by atoms with E-state index in [1.807, 2.05) is 0 Å². The lowest BCUT2D eigenvalue weighted by Crippen LogP contribution is -2.28. The molecule has 1 aromatic heterocycles. The zero-order valence-electron chi connectivity index (χ0n) is 13.9. The molecule has 1 fully saturated rings. The van der Waals surface area contributed by atoms with E-state index in [2.05, 4.69) is 0 Å². The van der Waals surface area contributed by atoms with Crippen LogP contribution in [0, 0.1) is 0 Å². The summed E-state index contributed by atoms with van der Waals surface area (Å²) >= 11 is 0. The van der Waals surface area contributed by atoms with Crippen molar-refractivity contribution in [2.24, 2.45) is 5.73 Å². The van der Waals surface area contributed by atoms with Gasteiger partial charge in [-0.3, -0.25) is 9.59 Å². The van der Waals surface area contributed by atoms with Crippen molar-refractivity contribution in [3.05, 3.63) is 47.9 Å². The van der Waals surface area contributed by atoms with E-state index in [0.717, 1.165) is 12.8 Å². The number of furan rings is 1. The number of rotatable bonds is 7. The van der Waals surface area contributed by atoms with Crippen molar-refractivity contribution in [2.45, 2.75) is 17.7 Å². The molecule has 3 rings (SSSR count). The van der Waals surface area contributed by atoms with E-state index in [-0.39, 0.29) is 28.6 Å². The number of hydrogen-bond acceptors (Lipinski definition) is 6. The summed E-state index contributed by atoms with van der Waals surface area (Å²) in [6.07, 6.45) is 2.97. The van der Waals surface area contributed by atoms with Crippen LogP contribution in [0.3, 0.4) is 0 Å². The lowest BCUT2D eigenvalue weighted by Gasteiger charge is -2.17. The Bertz CT molecular complexity index is 915. The SMILES string of the molecule is NC(=O)c1cc(S(=O)(=O)N2CCCC2)ccc1OCC(=O)c1ccco1. The summed E-state index contributed by atoms with van der Waals surface area (Å²) in [5.41, 5.74) is 5.25. The third-order valence-electron chi connectivity index (χ3n) is 4.07. The highest BCUT2D eigenvalue weighted by Crippen LogP contribution is 2.26. The molecular weight excluding hydrogens is 360 g/mol. The summed E-state index contributed by atoms with van der Waals surface area (Å²) in [7, 11) is -3.69. The second-order valence-corrected chi connectivity index (χ2v) is 7.76.